The molecule has 3 nitrogen and oxygen atoms in total. The van der Waals surface area contributed by atoms with E-state index in [9.17, 15) is 5.11 Å². The first kappa shape index (κ1) is 13.6. The van der Waals surface area contributed by atoms with Crippen LogP contribution in [0.3, 0.4) is 0 Å². The van der Waals surface area contributed by atoms with Crippen LogP contribution in [0.4, 0.5) is 0 Å². The van der Waals surface area contributed by atoms with Crippen LogP contribution in [0.5, 0.6) is 0 Å². The SMILES string of the molecule is CC[C@@H](O)CNC(C)(CC)c1nc(C)cs1. The van der Waals surface area contributed by atoms with E-state index in [1.165, 1.54) is 0 Å². The number of nitrogens with one attached hydrogen (secondary N) is 1. The highest BCUT2D eigenvalue weighted by molar-refractivity contribution is 7.09. The highest BCUT2D eigenvalue weighted by atomic mass is 32.1. The highest BCUT2D eigenvalue weighted by Crippen LogP contribution is 2.27. The van der Waals surface area contributed by atoms with Crippen LogP contribution in [0.25, 0.3) is 0 Å². The molecule has 92 valence electrons. The van der Waals surface area contributed by atoms with Crippen molar-refractivity contribution in [3.05, 3.63) is 16.1 Å². The maximum Gasteiger partial charge on any atom is 0.113 e. The smallest absolute Gasteiger partial charge is 0.113 e. The van der Waals surface area contributed by atoms with Crippen molar-refractivity contribution in [3.63, 3.8) is 0 Å². The van der Waals surface area contributed by atoms with Crippen LogP contribution < -0.4 is 5.32 Å². The lowest BCUT2D eigenvalue weighted by atomic mass is 9.99. The number of aromatic nitrogens is 1. The van der Waals surface area contributed by atoms with E-state index in [1.54, 1.807) is 11.3 Å². The summed E-state index contributed by atoms with van der Waals surface area (Å²) in [5.74, 6) is 0. The predicted molar refractivity (Wildman–Crippen MR) is 68.8 cm³/mol. The lowest BCUT2D eigenvalue weighted by Crippen LogP contribution is -2.42. The molecule has 0 amide bonds. The second kappa shape index (κ2) is 5.75. The van der Waals surface area contributed by atoms with Gasteiger partial charge in [-0.2, -0.15) is 0 Å². The average molecular weight is 242 g/mol. The van der Waals surface area contributed by atoms with Gasteiger partial charge in [-0.05, 0) is 26.7 Å². The van der Waals surface area contributed by atoms with Crippen LogP contribution in [0.2, 0.25) is 0 Å². The standard InChI is InChI=1S/C12H22N2OS/c1-5-10(15)7-13-12(4,6-2)11-14-9(3)8-16-11/h8,10,13,15H,5-7H2,1-4H3/t10-,12?/m1/s1. The van der Waals surface area contributed by atoms with Crippen molar-refractivity contribution in [2.75, 3.05) is 6.54 Å². The summed E-state index contributed by atoms with van der Waals surface area (Å²) in [4.78, 5) is 4.53. The summed E-state index contributed by atoms with van der Waals surface area (Å²) in [6.07, 6.45) is 1.48. The monoisotopic (exact) mass is 242 g/mol. The Balaban J connectivity index is 2.70. The van der Waals surface area contributed by atoms with Crippen LogP contribution in [0.1, 0.15) is 44.3 Å². The number of hydrogen-bond acceptors (Lipinski definition) is 4. The third-order valence-electron chi connectivity index (χ3n) is 3.00. The fourth-order valence-electron chi connectivity index (χ4n) is 1.45. The zero-order chi connectivity index (χ0) is 12.2. The van der Waals surface area contributed by atoms with Crippen molar-refractivity contribution in [3.8, 4) is 0 Å². The van der Waals surface area contributed by atoms with Gasteiger partial charge < -0.3 is 10.4 Å². The fraction of sp³-hybridized carbons (Fsp3) is 0.750. The normalized spacial score (nSPS) is 17.1. The molecule has 0 aliphatic rings. The largest absolute Gasteiger partial charge is 0.392 e. The Kier molecular flexibility index (Phi) is 4.89. The van der Waals surface area contributed by atoms with Crippen LogP contribution in [0, 0.1) is 6.92 Å². The number of aliphatic hydroxyl groups is 1. The van der Waals surface area contributed by atoms with Gasteiger partial charge in [0, 0.05) is 17.6 Å². The van der Waals surface area contributed by atoms with Crippen molar-refractivity contribution >= 4 is 11.3 Å². The van der Waals surface area contributed by atoms with E-state index >= 15 is 0 Å². The molecule has 1 aromatic heterocycles. The molecule has 0 radical (unpaired) electrons. The van der Waals surface area contributed by atoms with Gasteiger partial charge in [-0.3, -0.25) is 0 Å². The van der Waals surface area contributed by atoms with E-state index in [2.05, 4.69) is 29.5 Å². The van der Waals surface area contributed by atoms with Crippen LogP contribution in [-0.4, -0.2) is 22.7 Å². The molecule has 0 aliphatic carbocycles. The minimum absolute atomic E-state index is 0.116. The number of hydrogen-bond donors (Lipinski definition) is 2. The maximum absolute atomic E-state index is 9.59. The molecule has 1 aromatic rings. The second-order valence-electron chi connectivity index (χ2n) is 4.42. The molecule has 2 atom stereocenters. The van der Waals surface area contributed by atoms with E-state index in [0.717, 1.165) is 23.5 Å². The lowest BCUT2D eigenvalue weighted by molar-refractivity contribution is 0.151. The molecule has 0 spiro atoms. The minimum Gasteiger partial charge on any atom is -0.392 e. The molecule has 1 heterocycles. The molecule has 0 saturated heterocycles. The summed E-state index contributed by atoms with van der Waals surface area (Å²) < 4.78 is 0. The summed E-state index contributed by atoms with van der Waals surface area (Å²) in [6.45, 7) is 8.91. The van der Waals surface area contributed by atoms with Gasteiger partial charge >= 0.3 is 0 Å². The third kappa shape index (κ3) is 3.27. The average Bonchev–Trinajstić information content (AvgIpc) is 2.72. The highest BCUT2D eigenvalue weighted by Gasteiger charge is 2.27. The molecule has 0 bridgehead atoms. The summed E-state index contributed by atoms with van der Waals surface area (Å²) in [7, 11) is 0. The molecule has 16 heavy (non-hydrogen) atoms. The van der Waals surface area contributed by atoms with Gasteiger partial charge in [0.15, 0.2) is 0 Å². The molecule has 0 saturated carbocycles. The number of aliphatic hydroxyl groups excluding tert-OH is 1. The van der Waals surface area contributed by atoms with Crippen LogP contribution in [0.15, 0.2) is 5.38 Å². The molecule has 1 rings (SSSR count). The van der Waals surface area contributed by atoms with E-state index in [1.807, 2.05) is 13.8 Å². The molecular weight excluding hydrogens is 220 g/mol. The summed E-state index contributed by atoms with van der Waals surface area (Å²) in [6, 6.07) is 0. The second-order valence-corrected chi connectivity index (χ2v) is 5.28. The molecular formula is C12H22N2OS. The maximum atomic E-state index is 9.59. The first-order chi connectivity index (χ1) is 7.51. The minimum atomic E-state index is -0.271. The molecule has 1 unspecified atom stereocenters. The van der Waals surface area contributed by atoms with Gasteiger partial charge in [-0.15, -0.1) is 11.3 Å². The lowest BCUT2D eigenvalue weighted by Gasteiger charge is -2.28. The number of nitrogens with zero attached hydrogens (tertiary/aromatic N) is 1. The Bertz CT molecular complexity index is 327. The zero-order valence-electron chi connectivity index (χ0n) is 10.6. The van der Waals surface area contributed by atoms with Crippen molar-refractivity contribution in [2.24, 2.45) is 0 Å². The molecule has 2 N–H and O–H groups in total. The van der Waals surface area contributed by atoms with Gasteiger partial charge in [0.05, 0.1) is 11.6 Å². The predicted octanol–water partition coefficient (Wildman–Crippen LogP) is 2.44. The topological polar surface area (TPSA) is 45.1 Å². The van der Waals surface area contributed by atoms with Gasteiger partial charge in [-0.25, -0.2) is 4.98 Å². The van der Waals surface area contributed by atoms with Gasteiger partial charge in [-0.1, -0.05) is 13.8 Å². The number of aryl methyl sites for hydroxylation is 1. The molecule has 0 aliphatic heterocycles. The summed E-state index contributed by atoms with van der Waals surface area (Å²) in [5, 5.41) is 16.2. The van der Waals surface area contributed by atoms with E-state index in [-0.39, 0.29) is 11.6 Å². The van der Waals surface area contributed by atoms with Crippen molar-refractivity contribution < 1.29 is 5.11 Å². The number of rotatable bonds is 6. The summed E-state index contributed by atoms with van der Waals surface area (Å²) in [5.41, 5.74) is 0.951. The van der Waals surface area contributed by atoms with Crippen LogP contribution >= 0.6 is 11.3 Å². The van der Waals surface area contributed by atoms with Crippen molar-refractivity contribution in [1.82, 2.24) is 10.3 Å². The van der Waals surface area contributed by atoms with E-state index in [4.69, 9.17) is 0 Å². The molecule has 0 fully saturated rings. The zero-order valence-corrected chi connectivity index (χ0v) is 11.4. The summed E-state index contributed by atoms with van der Waals surface area (Å²) >= 11 is 1.69. The van der Waals surface area contributed by atoms with E-state index in [0.29, 0.717) is 6.54 Å². The van der Waals surface area contributed by atoms with E-state index < -0.39 is 0 Å². The van der Waals surface area contributed by atoms with Crippen molar-refractivity contribution in [2.45, 2.75) is 52.2 Å². The van der Waals surface area contributed by atoms with Gasteiger partial charge in [0.2, 0.25) is 0 Å². The Hall–Kier alpha value is -0.450. The Morgan fingerprint density at radius 1 is 1.56 bits per heavy atom. The third-order valence-corrected chi connectivity index (χ3v) is 4.22. The quantitative estimate of drug-likeness (QED) is 0.805. The molecule has 4 heteroatoms. The van der Waals surface area contributed by atoms with Gasteiger partial charge in [0.25, 0.3) is 0 Å². The molecule has 0 aromatic carbocycles. The Labute approximate surface area is 102 Å². The van der Waals surface area contributed by atoms with Gasteiger partial charge in [0.1, 0.15) is 5.01 Å². The van der Waals surface area contributed by atoms with Crippen LogP contribution in [-0.2, 0) is 5.54 Å². The Morgan fingerprint density at radius 3 is 2.69 bits per heavy atom. The van der Waals surface area contributed by atoms with Crippen molar-refractivity contribution in [1.29, 1.82) is 0 Å². The number of thiazole rings is 1. The fourth-order valence-corrected chi connectivity index (χ4v) is 2.45. The first-order valence-electron chi connectivity index (χ1n) is 5.87. The first-order valence-corrected chi connectivity index (χ1v) is 6.75. The Morgan fingerprint density at radius 2 is 2.25 bits per heavy atom.